The van der Waals surface area contributed by atoms with Gasteiger partial charge in [0.05, 0.1) is 17.5 Å². The van der Waals surface area contributed by atoms with Crippen molar-refractivity contribution >= 4 is 28.6 Å². The molecular formula is C22H24N2O4S. The highest BCUT2D eigenvalue weighted by Gasteiger charge is 2.28. The van der Waals surface area contributed by atoms with Crippen LogP contribution in [0.15, 0.2) is 58.2 Å². The highest BCUT2D eigenvalue weighted by Crippen LogP contribution is 2.33. The van der Waals surface area contributed by atoms with Crippen LogP contribution in [0.2, 0.25) is 0 Å². The van der Waals surface area contributed by atoms with Crippen molar-refractivity contribution in [1.82, 2.24) is 9.55 Å². The van der Waals surface area contributed by atoms with Crippen LogP contribution < -0.4 is 10.3 Å². The van der Waals surface area contributed by atoms with Gasteiger partial charge in [-0.25, -0.2) is 4.98 Å². The zero-order chi connectivity index (χ0) is 21.0. The second kappa shape index (κ2) is 8.69. The summed E-state index contributed by atoms with van der Waals surface area (Å²) in [4.78, 5) is 29.3. The molecular weight excluding hydrogens is 388 g/mol. The molecule has 152 valence electrons. The maximum absolute atomic E-state index is 12.7. The summed E-state index contributed by atoms with van der Waals surface area (Å²) >= 11 is 1.29. The van der Waals surface area contributed by atoms with Crippen LogP contribution in [0.5, 0.6) is 5.75 Å². The molecule has 1 N–H and O–H groups in total. The van der Waals surface area contributed by atoms with E-state index in [0.717, 1.165) is 4.90 Å². The Kier molecular flexibility index (Phi) is 6.27. The van der Waals surface area contributed by atoms with Gasteiger partial charge in [0.15, 0.2) is 0 Å². The second-order valence-electron chi connectivity index (χ2n) is 7.22. The molecule has 0 unspecified atom stereocenters. The Labute approximate surface area is 173 Å². The molecule has 0 saturated carbocycles. The first kappa shape index (κ1) is 20.9. The van der Waals surface area contributed by atoms with Crippen LogP contribution in [0.25, 0.3) is 10.9 Å². The summed E-state index contributed by atoms with van der Waals surface area (Å²) in [5.41, 5.74) is 0.682. The zero-order valence-corrected chi connectivity index (χ0v) is 17.5. The number of aliphatic carboxylic acids is 1. The largest absolute Gasteiger partial charge is 0.494 e. The zero-order valence-electron chi connectivity index (χ0n) is 16.7. The summed E-state index contributed by atoms with van der Waals surface area (Å²) in [7, 11) is 0. The summed E-state index contributed by atoms with van der Waals surface area (Å²) in [6.07, 6.45) is 0.670. The van der Waals surface area contributed by atoms with Crippen LogP contribution in [0.3, 0.4) is 0 Å². The number of thioether (sulfide) groups is 1. The molecule has 0 spiro atoms. The summed E-state index contributed by atoms with van der Waals surface area (Å²) in [6, 6.07) is 14.7. The number of para-hydroxylation sites is 1. The third kappa shape index (κ3) is 4.98. The summed E-state index contributed by atoms with van der Waals surface area (Å²) in [5, 5.41) is 9.84. The Hall–Kier alpha value is -2.80. The lowest BCUT2D eigenvalue weighted by molar-refractivity contribution is -0.138. The van der Waals surface area contributed by atoms with Crippen molar-refractivity contribution in [2.45, 2.75) is 43.4 Å². The molecule has 0 saturated heterocycles. The molecule has 0 aliphatic rings. The number of carboxylic acid groups (broad SMARTS) is 1. The number of rotatable bonds is 8. The van der Waals surface area contributed by atoms with Crippen molar-refractivity contribution < 1.29 is 14.6 Å². The Bertz CT molecular complexity index is 1070. The highest BCUT2D eigenvalue weighted by molar-refractivity contribution is 8.01. The predicted octanol–water partition coefficient (Wildman–Crippen LogP) is 4.13. The van der Waals surface area contributed by atoms with Crippen molar-refractivity contribution in [3.8, 4) is 5.75 Å². The summed E-state index contributed by atoms with van der Waals surface area (Å²) in [5.74, 6) is 0.552. The van der Waals surface area contributed by atoms with Crippen LogP contribution in [0.4, 0.5) is 0 Å². The van der Waals surface area contributed by atoms with Gasteiger partial charge in [0.25, 0.3) is 5.56 Å². The number of hydrogen-bond donors (Lipinski definition) is 1. The number of carboxylic acids is 1. The molecule has 1 heterocycles. The molecule has 0 bridgehead atoms. The summed E-state index contributed by atoms with van der Waals surface area (Å²) in [6.45, 7) is 6.19. The minimum absolute atomic E-state index is 0.0319. The van der Waals surface area contributed by atoms with Crippen molar-refractivity contribution in [2.75, 3.05) is 6.61 Å². The molecule has 0 amide bonds. The van der Waals surface area contributed by atoms with Crippen molar-refractivity contribution in [3.63, 3.8) is 0 Å². The van der Waals surface area contributed by atoms with E-state index in [0.29, 0.717) is 42.0 Å². The molecule has 6 nitrogen and oxygen atoms in total. The van der Waals surface area contributed by atoms with Crippen LogP contribution >= 0.6 is 11.8 Å². The topological polar surface area (TPSA) is 81.4 Å². The van der Waals surface area contributed by atoms with Crippen LogP contribution in [-0.4, -0.2) is 32.0 Å². The van der Waals surface area contributed by atoms with Gasteiger partial charge in [-0.1, -0.05) is 12.1 Å². The Morgan fingerprint density at radius 2 is 1.86 bits per heavy atom. The monoisotopic (exact) mass is 412 g/mol. The van der Waals surface area contributed by atoms with E-state index in [-0.39, 0.29) is 5.56 Å². The molecule has 0 atom stereocenters. The highest BCUT2D eigenvalue weighted by atomic mass is 32.2. The third-order valence-electron chi connectivity index (χ3n) is 4.56. The molecule has 0 aliphatic heterocycles. The van der Waals surface area contributed by atoms with Crippen molar-refractivity contribution in [1.29, 1.82) is 0 Å². The lowest BCUT2D eigenvalue weighted by atomic mass is 10.2. The van der Waals surface area contributed by atoms with E-state index in [1.54, 1.807) is 24.5 Å². The molecule has 2 aromatic carbocycles. The standard InChI is InChI=1S/C22H24N2O4S/c1-15-23-19-8-5-4-7-18(19)20(25)24(15)13-6-14-28-16-9-11-17(12-10-16)29-22(2,3)21(26)27/h4-5,7-12H,6,13-14H2,1-3H3,(H,26,27). The van der Waals surface area contributed by atoms with E-state index in [9.17, 15) is 14.7 Å². The van der Waals surface area contributed by atoms with Crippen LogP contribution in [0, 0.1) is 6.92 Å². The van der Waals surface area contributed by atoms with E-state index in [4.69, 9.17) is 4.74 Å². The van der Waals surface area contributed by atoms with Gasteiger partial charge in [-0.2, -0.15) is 0 Å². The van der Waals surface area contributed by atoms with Gasteiger partial charge in [0.1, 0.15) is 16.3 Å². The fourth-order valence-corrected chi connectivity index (χ4v) is 3.85. The first-order valence-electron chi connectivity index (χ1n) is 9.39. The van der Waals surface area contributed by atoms with E-state index in [1.807, 2.05) is 49.4 Å². The number of aryl methyl sites for hydroxylation is 1. The maximum atomic E-state index is 12.7. The molecule has 0 radical (unpaired) electrons. The number of aromatic nitrogens is 2. The molecule has 29 heavy (non-hydrogen) atoms. The minimum atomic E-state index is -0.888. The maximum Gasteiger partial charge on any atom is 0.319 e. The third-order valence-corrected chi connectivity index (χ3v) is 5.75. The lowest BCUT2D eigenvalue weighted by Gasteiger charge is -2.18. The molecule has 0 fully saturated rings. The first-order valence-corrected chi connectivity index (χ1v) is 10.2. The Balaban J connectivity index is 1.57. The normalized spacial score (nSPS) is 11.6. The fraction of sp³-hybridized carbons (Fsp3) is 0.318. The number of nitrogens with zero attached hydrogens (tertiary/aromatic N) is 2. The van der Waals surface area contributed by atoms with Gasteiger partial charge in [-0.3, -0.25) is 14.2 Å². The Morgan fingerprint density at radius 3 is 2.55 bits per heavy atom. The van der Waals surface area contributed by atoms with E-state index >= 15 is 0 Å². The van der Waals surface area contributed by atoms with Gasteiger partial charge in [0, 0.05) is 11.4 Å². The number of hydrogen-bond acceptors (Lipinski definition) is 5. The van der Waals surface area contributed by atoms with E-state index in [1.165, 1.54) is 11.8 Å². The van der Waals surface area contributed by atoms with Gasteiger partial charge >= 0.3 is 5.97 Å². The van der Waals surface area contributed by atoms with Crippen LogP contribution in [0.1, 0.15) is 26.1 Å². The SMILES string of the molecule is Cc1nc2ccccc2c(=O)n1CCCOc1ccc(SC(C)(C)C(=O)O)cc1. The van der Waals surface area contributed by atoms with Crippen LogP contribution in [-0.2, 0) is 11.3 Å². The van der Waals surface area contributed by atoms with E-state index in [2.05, 4.69) is 4.98 Å². The average molecular weight is 413 g/mol. The lowest BCUT2D eigenvalue weighted by Crippen LogP contribution is -2.26. The minimum Gasteiger partial charge on any atom is -0.494 e. The van der Waals surface area contributed by atoms with Gasteiger partial charge in [0.2, 0.25) is 0 Å². The number of benzene rings is 2. The van der Waals surface area contributed by atoms with E-state index < -0.39 is 10.7 Å². The first-order chi connectivity index (χ1) is 13.8. The number of ether oxygens (including phenoxy) is 1. The quantitative estimate of drug-likeness (QED) is 0.443. The van der Waals surface area contributed by atoms with Gasteiger partial charge < -0.3 is 9.84 Å². The number of carbonyl (C=O) groups is 1. The molecule has 3 aromatic rings. The molecule has 1 aromatic heterocycles. The van der Waals surface area contributed by atoms with Crippen molar-refractivity contribution in [2.24, 2.45) is 0 Å². The Morgan fingerprint density at radius 1 is 1.17 bits per heavy atom. The second-order valence-corrected chi connectivity index (χ2v) is 8.92. The fourth-order valence-electron chi connectivity index (χ4n) is 2.90. The van der Waals surface area contributed by atoms with Crippen molar-refractivity contribution in [3.05, 3.63) is 64.7 Å². The molecule has 7 heteroatoms. The smallest absolute Gasteiger partial charge is 0.319 e. The van der Waals surface area contributed by atoms with Gasteiger partial charge in [-0.15, -0.1) is 11.8 Å². The molecule has 0 aliphatic carbocycles. The molecule has 3 rings (SSSR count). The number of fused-ring (bicyclic) bond motifs is 1. The summed E-state index contributed by atoms with van der Waals surface area (Å²) < 4.78 is 6.56. The average Bonchev–Trinajstić information content (AvgIpc) is 2.68. The predicted molar refractivity (Wildman–Crippen MR) is 115 cm³/mol. The van der Waals surface area contributed by atoms with Gasteiger partial charge in [-0.05, 0) is 63.6 Å².